The summed E-state index contributed by atoms with van der Waals surface area (Å²) >= 11 is 0. The van der Waals surface area contributed by atoms with Crippen LogP contribution in [0.3, 0.4) is 0 Å². The van der Waals surface area contributed by atoms with Crippen LogP contribution in [0.5, 0.6) is 0 Å². The third kappa shape index (κ3) is 3.26. The molecule has 10 nitrogen and oxygen atoms in total. The van der Waals surface area contributed by atoms with Crippen molar-refractivity contribution in [1.29, 1.82) is 0 Å². The molecule has 1 aromatic carbocycles. The molecule has 10 heteroatoms. The molecule has 0 bridgehead atoms. The van der Waals surface area contributed by atoms with Gasteiger partial charge >= 0.3 is 0 Å². The zero-order valence-electron chi connectivity index (χ0n) is 18.0. The first kappa shape index (κ1) is 19.1. The van der Waals surface area contributed by atoms with E-state index in [0.717, 1.165) is 42.8 Å². The lowest BCUT2D eigenvalue weighted by Gasteiger charge is -2.32. The minimum absolute atomic E-state index is 0.153. The quantitative estimate of drug-likeness (QED) is 0.516. The first-order valence-electron chi connectivity index (χ1n) is 11.2. The summed E-state index contributed by atoms with van der Waals surface area (Å²) in [5.74, 6) is 1.63. The van der Waals surface area contributed by atoms with Crippen LogP contribution < -0.4 is 10.2 Å². The van der Waals surface area contributed by atoms with Crippen LogP contribution in [0.25, 0.3) is 22.2 Å². The summed E-state index contributed by atoms with van der Waals surface area (Å²) in [4.78, 5) is 28.5. The van der Waals surface area contributed by atoms with Gasteiger partial charge in [0.15, 0.2) is 17.0 Å². The van der Waals surface area contributed by atoms with Crippen LogP contribution in [0.4, 0.5) is 5.82 Å². The second kappa shape index (κ2) is 7.54. The van der Waals surface area contributed by atoms with Gasteiger partial charge in [0.2, 0.25) is 5.82 Å². The Hall–Kier alpha value is -3.56. The molecule has 32 heavy (non-hydrogen) atoms. The largest absolute Gasteiger partial charge is 0.354 e. The van der Waals surface area contributed by atoms with Crippen LogP contribution in [-0.2, 0) is 7.05 Å². The Balaban J connectivity index is 1.23. The van der Waals surface area contributed by atoms with Gasteiger partial charge in [-0.3, -0.25) is 4.79 Å². The Morgan fingerprint density at radius 3 is 2.75 bits per heavy atom. The minimum Gasteiger partial charge on any atom is -0.354 e. The lowest BCUT2D eigenvalue weighted by atomic mass is 10.0. The Bertz CT molecular complexity index is 1300. The van der Waals surface area contributed by atoms with Gasteiger partial charge in [-0.15, -0.1) is 5.10 Å². The van der Waals surface area contributed by atoms with Crippen LogP contribution in [-0.4, -0.2) is 60.1 Å². The molecular weight excluding hydrogens is 406 g/mol. The van der Waals surface area contributed by atoms with Gasteiger partial charge in [0.25, 0.3) is 5.91 Å². The molecule has 2 aliphatic rings. The number of aromatic nitrogens is 7. The number of nitrogens with one attached hydrogen (secondary N) is 1. The average Bonchev–Trinajstić information content (AvgIpc) is 3.47. The number of piperidine rings is 1. The van der Waals surface area contributed by atoms with Crippen molar-refractivity contribution in [2.24, 2.45) is 13.0 Å². The van der Waals surface area contributed by atoms with Crippen molar-refractivity contribution in [3.8, 4) is 0 Å². The molecule has 4 heterocycles. The number of rotatable bonds is 5. The van der Waals surface area contributed by atoms with Crippen molar-refractivity contribution < 1.29 is 4.79 Å². The number of anilines is 1. The molecule has 2 fully saturated rings. The molecule has 1 saturated carbocycles. The van der Waals surface area contributed by atoms with E-state index in [1.807, 2.05) is 29.9 Å². The van der Waals surface area contributed by atoms with Crippen molar-refractivity contribution in [3.63, 3.8) is 0 Å². The zero-order valence-corrected chi connectivity index (χ0v) is 18.0. The predicted molar refractivity (Wildman–Crippen MR) is 119 cm³/mol. The fourth-order valence-electron chi connectivity index (χ4n) is 4.54. The molecule has 1 amide bonds. The monoisotopic (exact) mass is 431 g/mol. The number of amides is 1. The van der Waals surface area contributed by atoms with Crippen LogP contribution in [0, 0.1) is 5.92 Å². The van der Waals surface area contributed by atoms with Crippen LogP contribution >= 0.6 is 0 Å². The second-order valence-electron chi connectivity index (χ2n) is 8.76. The molecule has 0 unspecified atom stereocenters. The summed E-state index contributed by atoms with van der Waals surface area (Å²) in [6, 6.07) is 8.36. The van der Waals surface area contributed by atoms with Gasteiger partial charge in [0, 0.05) is 26.7 Å². The number of benzene rings is 1. The molecule has 1 aliphatic carbocycles. The van der Waals surface area contributed by atoms with E-state index < -0.39 is 0 Å². The highest BCUT2D eigenvalue weighted by Crippen LogP contribution is 2.31. The lowest BCUT2D eigenvalue weighted by molar-refractivity contribution is 0.0939. The van der Waals surface area contributed by atoms with Crippen molar-refractivity contribution in [2.45, 2.75) is 31.7 Å². The molecular formula is C22H25N9O. The average molecular weight is 432 g/mol. The zero-order chi connectivity index (χ0) is 21.7. The fraction of sp³-hybridized carbons (Fsp3) is 0.455. The number of hydrogen-bond acceptors (Lipinski definition) is 7. The van der Waals surface area contributed by atoms with E-state index >= 15 is 0 Å². The molecule has 1 N–H and O–H groups in total. The number of carbonyl (C=O) groups is 1. The summed E-state index contributed by atoms with van der Waals surface area (Å²) in [6.45, 7) is 2.36. The molecule has 0 spiro atoms. The van der Waals surface area contributed by atoms with Gasteiger partial charge in [0.1, 0.15) is 11.8 Å². The Morgan fingerprint density at radius 1 is 1.12 bits per heavy atom. The number of para-hydroxylation sites is 1. The van der Waals surface area contributed by atoms with E-state index in [-0.39, 0.29) is 5.91 Å². The molecule has 6 rings (SSSR count). The van der Waals surface area contributed by atoms with E-state index in [2.05, 4.69) is 41.5 Å². The standard InChI is InChI=1S/C22H25N9O/c1-29-19-18(26-21(29)22(32)23-12-14-6-7-14)20(25-13-24-19)30-10-8-15(9-11-30)31-17-5-3-2-4-16(17)27-28-31/h2-5,13-15H,6-12H2,1H3,(H,23,32). The van der Waals surface area contributed by atoms with Crippen LogP contribution in [0.1, 0.15) is 42.3 Å². The number of aryl methyl sites for hydroxylation is 1. The van der Waals surface area contributed by atoms with Gasteiger partial charge in [-0.2, -0.15) is 0 Å². The molecule has 1 saturated heterocycles. The maximum Gasteiger partial charge on any atom is 0.287 e. The molecule has 1 aliphatic heterocycles. The summed E-state index contributed by atoms with van der Waals surface area (Å²) in [6.07, 6.45) is 5.81. The normalized spacial score (nSPS) is 17.3. The van der Waals surface area contributed by atoms with Crippen molar-refractivity contribution in [1.82, 2.24) is 39.8 Å². The number of nitrogens with zero attached hydrogens (tertiary/aromatic N) is 8. The third-order valence-corrected chi connectivity index (χ3v) is 6.58. The van der Waals surface area contributed by atoms with Crippen LogP contribution in [0.2, 0.25) is 0 Å². The van der Waals surface area contributed by atoms with Crippen molar-refractivity contribution >= 4 is 33.9 Å². The first-order valence-corrected chi connectivity index (χ1v) is 11.2. The smallest absolute Gasteiger partial charge is 0.287 e. The topological polar surface area (TPSA) is 107 Å². The number of fused-ring (bicyclic) bond motifs is 2. The summed E-state index contributed by atoms with van der Waals surface area (Å²) < 4.78 is 3.81. The van der Waals surface area contributed by atoms with E-state index in [1.165, 1.54) is 12.8 Å². The molecule has 3 aromatic heterocycles. The van der Waals surface area contributed by atoms with Gasteiger partial charge < -0.3 is 14.8 Å². The summed E-state index contributed by atoms with van der Waals surface area (Å²) in [5, 5.41) is 11.7. The molecule has 164 valence electrons. The highest BCUT2D eigenvalue weighted by Gasteiger charge is 2.28. The Kier molecular flexibility index (Phi) is 4.51. The first-order chi connectivity index (χ1) is 15.7. The minimum atomic E-state index is -0.153. The van der Waals surface area contributed by atoms with Gasteiger partial charge in [0.05, 0.1) is 11.6 Å². The second-order valence-corrected chi connectivity index (χ2v) is 8.76. The Labute approximate surface area is 184 Å². The molecule has 0 atom stereocenters. The van der Waals surface area contributed by atoms with Gasteiger partial charge in [-0.05, 0) is 43.7 Å². The van der Waals surface area contributed by atoms with E-state index in [4.69, 9.17) is 0 Å². The number of imidazole rings is 1. The molecule has 4 aromatic rings. The summed E-state index contributed by atoms with van der Waals surface area (Å²) in [5.41, 5.74) is 3.35. The predicted octanol–water partition coefficient (Wildman–Crippen LogP) is 2.09. The fourth-order valence-corrected chi connectivity index (χ4v) is 4.54. The van der Waals surface area contributed by atoms with Gasteiger partial charge in [-0.1, -0.05) is 17.3 Å². The summed E-state index contributed by atoms with van der Waals surface area (Å²) in [7, 11) is 1.83. The van der Waals surface area contributed by atoms with Gasteiger partial charge in [-0.25, -0.2) is 19.6 Å². The number of carbonyl (C=O) groups excluding carboxylic acids is 1. The lowest BCUT2D eigenvalue weighted by Crippen LogP contribution is -2.35. The maximum atomic E-state index is 12.7. The van der Waals surface area contributed by atoms with Crippen molar-refractivity contribution in [3.05, 3.63) is 36.4 Å². The molecule has 0 radical (unpaired) electrons. The SMILES string of the molecule is Cn1c(C(=O)NCC2CC2)nc2c(N3CCC(n4nnc5ccccc54)CC3)ncnc21. The van der Waals surface area contributed by atoms with Crippen molar-refractivity contribution in [2.75, 3.05) is 24.5 Å². The van der Waals surface area contributed by atoms with E-state index in [9.17, 15) is 4.79 Å². The van der Waals surface area contributed by atoms with E-state index in [1.54, 1.807) is 10.9 Å². The maximum absolute atomic E-state index is 12.7. The van der Waals surface area contributed by atoms with Crippen LogP contribution in [0.15, 0.2) is 30.6 Å². The number of hydrogen-bond donors (Lipinski definition) is 1. The highest BCUT2D eigenvalue weighted by atomic mass is 16.2. The Morgan fingerprint density at radius 2 is 1.94 bits per heavy atom. The third-order valence-electron chi connectivity index (χ3n) is 6.58. The van der Waals surface area contributed by atoms with E-state index in [0.29, 0.717) is 35.5 Å². The highest BCUT2D eigenvalue weighted by molar-refractivity contribution is 5.96.